The van der Waals surface area contributed by atoms with Crippen LogP contribution in [0.3, 0.4) is 0 Å². The van der Waals surface area contributed by atoms with Gasteiger partial charge in [0.2, 0.25) is 0 Å². The van der Waals surface area contributed by atoms with Crippen molar-refractivity contribution in [3.8, 4) is 5.75 Å². The molecule has 7 nitrogen and oxygen atoms in total. The summed E-state index contributed by atoms with van der Waals surface area (Å²) in [7, 11) is -2.56. The molecule has 0 unspecified atom stereocenters. The molecule has 1 aliphatic rings. The Labute approximate surface area is 167 Å². The highest BCUT2D eigenvalue weighted by molar-refractivity contribution is 5.92. The maximum absolute atomic E-state index is 8.60. The molecular weight excluding hydrogens is 384 g/mol. The Balaban J connectivity index is 0.000000500. The number of fused-ring (bicyclic) bond motifs is 1. The van der Waals surface area contributed by atoms with E-state index < -0.39 is 10.2 Å². The first-order valence-corrected chi connectivity index (χ1v) is 10.8. The van der Waals surface area contributed by atoms with Crippen molar-refractivity contribution in [3.05, 3.63) is 34.9 Å². The predicted octanol–water partition coefficient (Wildman–Crippen LogP) is 0.303. The Morgan fingerprint density at radius 1 is 1.11 bits per heavy atom. The van der Waals surface area contributed by atoms with E-state index in [1.165, 1.54) is 54.3 Å². The zero-order valence-electron chi connectivity index (χ0n) is 16.9. The summed E-state index contributed by atoms with van der Waals surface area (Å²) in [6.45, 7) is 7.08. The van der Waals surface area contributed by atoms with Crippen molar-refractivity contribution in [1.82, 2.24) is 4.57 Å². The minimum absolute atomic E-state index is 0.477. The topological polar surface area (TPSA) is 116 Å². The van der Waals surface area contributed by atoms with Gasteiger partial charge in [-0.3, -0.25) is 4.99 Å². The predicted molar refractivity (Wildman–Crippen MR) is 98.2 cm³/mol. The van der Waals surface area contributed by atoms with Gasteiger partial charge in [-0.05, 0) is 45.7 Å². The molecule has 1 aromatic carbocycles. The standard InChI is InChI=1S/C20H28N2O.ClHO4/c1-5-23-18-13-9-12-17(21-16-10-7-6-8-11-16)19-14(2)22(4)15(3)20(18)19;2-1(3,4)5/h9,12-13,16H,5-8,10-11H2,1-4H3;(H,2,3,4,5). The van der Waals surface area contributed by atoms with Gasteiger partial charge < -0.3 is 9.30 Å². The molecule has 0 bridgehead atoms. The van der Waals surface area contributed by atoms with Gasteiger partial charge in [-0.1, -0.05) is 25.3 Å². The van der Waals surface area contributed by atoms with Gasteiger partial charge in [-0.25, -0.2) is 0 Å². The number of aryl methyl sites for hydroxylation is 2. The van der Waals surface area contributed by atoms with E-state index in [2.05, 4.69) is 43.7 Å². The van der Waals surface area contributed by atoms with Crippen molar-refractivity contribution < 1.29 is 33.6 Å². The molecule has 2 aromatic rings. The lowest BCUT2D eigenvalue weighted by molar-refractivity contribution is -1.92. The van der Waals surface area contributed by atoms with E-state index in [9.17, 15) is 0 Å². The van der Waals surface area contributed by atoms with E-state index in [-0.39, 0.29) is 0 Å². The maximum Gasteiger partial charge on any atom is 0.128 e. The number of hydrogen-bond acceptors (Lipinski definition) is 6. The average molecular weight is 413 g/mol. The molecule has 1 heterocycles. The lowest BCUT2D eigenvalue weighted by atomic mass is 9.96. The Kier molecular flexibility index (Phi) is 7.86. The molecular formula is C20H29ClN2O5. The van der Waals surface area contributed by atoms with E-state index in [1.807, 2.05) is 6.92 Å². The van der Waals surface area contributed by atoms with E-state index in [0.717, 1.165) is 11.1 Å². The Morgan fingerprint density at radius 3 is 2.25 bits per heavy atom. The van der Waals surface area contributed by atoms with Crippen LogP contribution in [-0.4, -0.2) is 21.9 Å². The van der Waals surface area contributed by atoms with Crippen molar-refractivity contribution in [1.29, 1.82) is 0 Å². The lowest BCUT2D eigenvalue weighted by Gasteiger charge is -2.17. The quantitative estimate of drug-likeness (QED) is 0.778. The molecule has 0 spiro atoms. The second-order valence-electron chi connectivity index (χ2n) is 7.01. The van der Waals surface area contributed by atoms with Crippen molar-refractivity contribution in [2.24, 2.45) is 12.0 Å². The summed E-state index contributed by atoms with van der Waals surface area (Å²) in [5.41, 5.74) is 2.52. The molecule has 3 rings (SSSR count). The summed E-state index contributed by atoms with van der Waals surface area (Å²) in [6.07, 6.45) is 6.44. The summed E-state index contributed by atoms with van der Waals surface area (Å²) < 4.78 is 40.9. The third kappa shape index (κ3) is 5.93. The van der Waals surface area contributed by atoms with Crippen LogP contribution in [0, 0.1) is 24.1 Å². The number of rotatable bonds is 3. The van der Waals surface area contributed by atoms with Gasteiger partial charge >= 0.3 is 0 Å². The molecule has 0 atom stereocenters. The highest BCUT2D eigenvalue weighted by Crippen LogP contribution is 2.30. The lowest BCUT2D eigenvalue weighted by Crippen LogP contribution is -2.58. The highest BCUT2D eigenvalue weighted by atomic mass is 35.7. The van der Waals surface area contributed by atoms with Gasteiger partial charge in [0.05, 0.1) is 32.9 Å². The normalized spacial score (nSPS) is 16.1. The summed E-state index contributed by atoms with van der Waals surface area (Å²) in [4.78, 5) is 5.13. The third-order valence-electron chi connectivity index (χ3n) is 5.18. The number of hydrogen-bond donors (Lipinski definition) is 1. The number of ether oxygens (including phenoxy) is 1. The SMILES string of the molecule is CCOc1cccc(=NC2CCCCC2)c2c(C)n(C)c(C)c12.[O-][Cl+3]([O-])([O-])O. The van der Waals surface area contributed by atoms with Crippen molar-refractivity contribution in [3.63, 3.8) is 0 Å². The Bertz CT molecular complexity index is 861. The molecule has 0 aliphatic heterocycles. The fraction of sp³-hybridized carbons (Fsp3) is 0.550. The van der Waals surface area contributed by atoms with Crippen molar-refractivity contribution in [2.45, 2.75) is 58.9 Å². The van der Waals surface area contributed by atoms with E-state index in [4.69, 9.17) is 28.4 Å². The number of halogens is 1. The smallest absolute Gasteiger partial charge is 0.128 e. The van der Waals surface area contributed by atoms with Crippen molar-refractivity contribution >= 4 is 10.8 Å². The summed E-state index contributed by atoms with van der Waals surface area (Å²) in [6, 6.07) is 6.81. The fourth-order valence-electron chi connectivity index (χ4n) is 3.75. The van der Waals surface area contributed by atoms with Crippen LogP contribution in [0.4, 0.5) is 0 Å². The second kappa shape index (κ2) is 9.71. The van der Waals surface area contributed by atoms with Crippen LogP contribution in [0.2, 0.25) is 0 Å². The molecule has 0 radical (unpaired) electrons. The average Bonchev–Trinajstić information content (AvgIpc) is 2.75. The summed E-state index contributed by atoms with van der Waals surface area (Å²) in [5, 5.41) is 3.59. The van der Waals surface area contributed by atoms with Crippen LogP contribution in [-0.2, 0) is 7.05 Å². The molecule has 1 saturated carbocycles. The minimum atomic E-state index is -4.69. The molecule has 156 valence electrons. The minimum Gasteiger partial charge on any atom is -0.493 e. The van der Waals surface area contributed by atoms with Gasteiger partial charge in [0.15, 0.2) is 0 Å². The molecule has 0 saturated heterocycles. The van der Waals surface area contributed by atoms with Crippen LogP contribution in [0.5, 0.6) is 5.75 Å². The van der Waals surface area contributed by atoms with Crippen molar-refractivity contribution in [2.75, 3.05) is 6.61 Å². The second-order valence-corrected chi connectivity index (χ2v) is 7.80. The van der Waals surface area contributed by atoms with E-state index in [0.29, 0.717) is 12.6 Å². The van der Waals surface area contributed by atoms with E-state index in [1.54, 1.807) is 0 Å². The molecule has 1 aliphatic carbocycles. The van der Waals surface area contributed by atoms with Gasteiger partial charge in [-0.15, -0.1) is 0 Å². The monoisotopic (exact) mass is 412 g/mol. The zero-order chi connectivity index (χ0) is 20.9. The summed E-state index contributed by atoms with van der Waals surface area (Å²) >= 11 is 0. The Hall–Kier alpha value is -1.64. The van der Waals surface area contributed by atoms with Gasteiger partial charge in [0.25, 0.3) is 0 Å². The molecule has 0 amide bonds. The first-order valence-electron chi connectivity index (χ1n) is 9.52. The van der Waals surface area contributed by atoms with Crippen LogP contribution in [0.15, 0.2) is 23.2 Å². The highest BCUT2D eigenvalue weighted by Gasteiger charge is 2.16. The first-order chi connectivity index (χ1) is 13.1. The van der Waals surface area contributed by atoms with Gasteiger partial charge in [0.1, 0.15) is 5.75 Å². The first kappa shape index (κ1) is 22.6. The maximum atomic E-state index is 8.60. The number of nitrogens with zero attached hydrogens (tertiary/aromatic N) is 2. The van der Waals surface area contributed by atoms with E-state index >= 15 is 0 Å². The third-order valence-corrected chi connectivity index (χ3v) is 5.18. The van der Waals surface area contributed by atoms with Crippen LogP contribution < -0.4 is 24.1 Å². The molecule has 28 heavy (non-hydrogen) atoms. The molecule has 1 N–H and O–H groups in total. The van der Waals surface area contributed by atoms with Gasteiger partial charge in [0, 0.05) is 29.2 Å². The molecule has 8 heteroatoms. The largest absolute Gasteiger partial charge is 0.493 e. The Morgan fingerprint density at radius 2 is 1.68 bits per heavy atom. The number of aromatic nitrogens is 1. The summed E-state index contributed by atoms with van der Waals surface area (Å²) in [5.74, 6) is 0.966. The van der Waals surface area contributed by atoms with Crippen LogP contribution in [0.1, 0.15) is 50.4 Å². The fourth-order valence-corrected chi connectivity index (χ4v) is 3.75. The van der Waals surface area contributed by atoms with Crippen LogP contribution in [0.25, 0.3) is 10.8 Å². The molecule has 1 aromatic heterocycles. The zero-order valence-corrected chi connectivity index (χ0v) is 17.7. The van der Waals surface area contributed by atoms with Crippen LogP contribution >= 0.6 is 0 Å². The van der Waals surface area contributed by atoms with Gasteiger partial charge in [-0.2, -0.15) is 14.0 Å². The molecule has 1 fully saturated rings.